The number of allylic oxidation sites excluding steroid dienone is 2. The van der Waals surface area contributed by atoms with Gasteiger partial charge in [0.1, 0.15) is 6.61 Å². The SMILES string of the molecule is CC(CO)NC(=O)CC1CC=CCCC(Cc2ccccc2)C(=O)OCC(Cc2c[nH]c3ccccc23)NC1=O. The van der Waals surface area contributed by atoms with Crippen LogP contribution in [0.1, 0.15) is 43.7 Å². The number of para-hydroxylation sites is 1. The van der Waals surface area contributed by atoms with E-state index in [1.165, 1.54) is 0 Å². The lowest BCUT2D eigenvalue weighted by molar-refractivity contribution is -0.150. The van der Waals surface area contributed by atoms with Crippen molar-refractivity contribution in [1.82, 2.24) is 15.6 Å². The number of aromatic nitrogens is 1. The van der Waals surface area contributed by atoms with Gasteiger partial charge in [-0.15, -0.1) is 0 Å². The van der Waals surface area contributed by atoms with Gasteiger partial charge in [0.2, 0.25) is 11.8 Å². The van der Waals surface area contributed by atoms with Crippen molar-refractivity contribution in [2.75, 3.05) is 13.2 Å². The zero-order chi connectivity index (χ0) is 28.3. The van der Waals surface area contributed by atoms with Crippen molar-refractivity contribution in [3.63, 3.8) is 0 Å². The second-order valence-electron chi connectivity index (χ2n) is 10.6. The third kappa shape index (κ3) is 8.29. The fraction of sp³-hybridized carbons (Fsp3) is 0.406. The van der Waals surface area contributed by atoms with E-state index in [-0.39, 0.29) is 43.3 Å². The average Bonchev–Trinajstić information content (AvgIpc) is 3.37. The first kappa shape index (κ1) is 29.1. The first-order chi connectivity index (χ1) is 19.4. The molecule has 2 amide bonds. The number of carbonyl (C=O) groups is 3. The molecule has 4 N–H and O–H groups in total. The van der Waals surface area contributed by atoms with E-state index in [1.54, 1.807) is 6.92 Å². The molecule has 4 rings (SSSR count). The molecular weight excluding hydrogens is 506 g/mol. The molecule has 4 atom stereocenters. The van der Waals surface area contributed by atoms with Crippen LogP contribution in [0.3, 0.4) is 0 Å². The van der Waals surface area contributed by atoms with E-state index in [9.17, 15) is 19.5 Å². The van der Waals surface area contributed by atoms with Gasteiger partial charge in [-0.25, -0.2) is 0 Å². The Kier molecular flexibility index (Phi) is 10.5. The summed E-state index contributed by atoms with van der Waals surface area (Å²) in [6, 6.07) is 17.0. The van der Waals surface area contributed by atoms with Gasteiger partial charge in [-0.1, -0.05) is 60.7 Å². The highest BCUT2D eigenvalue weighted by Crippen LogP contribution is 2.22. The third-order valence-corrected chi connectivity index (χ3v) is 7.33. The summed E-state index contributed by atoms with van der Waals surface area (Å²) in [4.78, 5) is 42.6. The maximum absolute atomic E-state index is 13.5. The molecule has 212 valence electrons. The predicted octanol–water partition coefficient (Wildman–Crippen LogP) is 3.84. The van der Waals surface area contributed by atoms with Crippen molar-refractivity contribution in [1.29, 1.82) is 0 Å². The number of carbonyl (C=O) groups excluding carboxylic acids is 3. The number of aliphatic hydroxyl groups excluding tert-OH is 1. The summed E-state index contributed by atoms with van der Waals surface area (Å²) < 4.78 is 5.85. The Morgan fingerprint density at radius 1 is 1.05 bits per heavy atom. The number of H-pyrrole nitrogens is 1. The van der Waals surface area contributed by atoms with E-state index in [2.05, 4.69) is 15.6 Å². The standard InChI is InChI=1S/C32H39N3O5/c1-22(20-36)34-30(37)18-24-12-6-3-7-13-25(16-23-10-4-2-5-11-23)32(39)40-21-27(35-31(24)38)17-26-19-33-29-15-9-8-14-28(26)29/h2-6,8-11,14-15,19,22,24-25,27,33,36H,7,12-13,16-18,20-21H2,1H3,(H,34,37)(H,35,38). The van der Waals surface area contributed by atoms with Crippen LogP contribution in [-0.4, -0.2) is 53.2 Å². The molecule has 1 aliphatic rings. The van der Waals surface area contributed by atoms with Crippen molar-refractivity contribution in [3.8, 4) is 0 Å². The number of hydrogen-bond acceptors (Lipinski definition) is 5. The molecule has 40 heavy (non-hydrogen) atoms. The molecule has 0 saturated carbocycles. The highest BCUT2D eigenvalue weighted by molar-refractivity contribution is 5.86. The molecule has 0 spiro atoms. The lowest BCUT2D eigenvalue weighted by Crippen LogP contribution is -2.45. The first-order valence-corrected chi connectivity index (χ1v) is 14.0. The van der Waals surface area contributed by atoms with Crippen molar-refractivity contribution in [3.05, 3.63) is 84.1 Å². The van der Waals surface area contributed by atoms with Crippen molar-refractivity contribution in [2.45, 2.75) is 57.5 Å². The summed E-state index contributed by atoms with van der Waals surface area (Å²) in [5, 5.41) is 16.1. The van der Waals surface area contributed by atoms with Crippen LogP contribution in [0.2, 0.25) is 0 Å². The highest BCUT2D eigenvalue weighted by Gasteiger charge is 2.27. The Morgan fingerprint density at radius 3 is 2.62 bits per heavy atom. The average molecular weight is 546 g/mol. The van der Waals surface area contributed by atoms with E-state index < -0.39 is 18.0 Å². The zero-order valence-electron chi connectivity index (χ0n) is 23.0. The van der Waals surface area contributed by atoms with E-state index in [0.717, 1.165) is 22.0 Å². The van der Waals surface area contributed by atoms with Crippen LogP contribution in [0.5, 0.6) is 0 Å². The molecule has 2 heterocycles. The fourth-order valence-corrected chi connectivity index (χ4v) is 5.10. The van der Waals surface area contributed by atoms with E-state index in [1.807, 2.05) is 72.9 Å². The number of rotatable bonds is 8. The molecule has 3 aromatic rings. The minimum absolute atomic E-state index is 0.00324. The number of nitrogens with one attached hydrogen (secondary N) is 3. The summed E-state index contributed by atoms with van der Waals surface area (Å²) in [5.41, 5.74) is 3.07. The molecule has 2 aromatic carbocycles. The normalized spacial score (nSPS) is 21.4. The molecule has 0 bridgehead atoms. The fourth-order valence-electron chi connectivity index (χ4n) is 5.10. The van der Waals surface area contributed by atoms with Gasteiger partial charge in [-0.05, 0) is 56.2 Å². The Bertz CT molecular complexity index is 1300. The Balaban J connectivity index is 1.55. The van der Waals surface area contributed by atoms with Gasteiger partial charge >= 0.3 is 5.97 Å². The van der Waals surface area contributed by atoms with Crippen LogP contribution in [-0.2, 0) is 32.0 Å². The number of ether oxygens (including phenoxy) is 1. The zero-order valence-corrected chi connectivity index (χ0v) is 23.0. The largest absolute Gasteiger partial charge is 0.463 e. The van der Waals surface area contributed by atoms with Gasteiger partial charge in [0.25, 0.3) is 0 Å². The molecule has 1 aromatic heterocycles. The number of aromatic amines is 1. The van der Waals surface area contributed by atoms with E-state index in [4.69, 9.17) is 4.74 Å². The number of aliphatic hydroxyl groups is 1. The second-order valence-corrected chi connectivity index (χ2v) is 10.6. The maximum Gasteiger partial charge on any atom is 0.309 e. The minimum atomic E-state index is -0.593. The molecule has 0 fully saturated rings. The summed E-state index contributed by atoms with van der Waals surface area (Å²) in [5.74, 6) is -1.73. The van der Waals surface area contributed by atoms with E-state index >= 15 is 0 Å². The molecule has 0 saturated heterocycles. The summed E-state index contributed by atoms with van der Waals surface area (Å²) in [6.07, 6.45) is 8.53. The monoisotopic (exact) mass is 545 g/mol. The van der Waals surface area contributed by atoms with Gasteiger partial charge in [0.15, 0.2) is 0 Å². The van der Waals surface area contributed by atoms with Crippen LogP contribution >= 0.6 is 0 Å². The highest BCUT2D eigenvalue weighted by atomic mass is 16.5. The van der Waals surface area contributed by atoms with Crippen molar-refractivity contribution < 1.29 is 24.2 Å². The van der Waals surface area contributed by atoms with Gasteiger partial charge in [-0.2, -0.15) is 0 Å². The number of amides is 2. The summed E-state index contributed by atoms with van der Waals surface area (Å²) >= 11 is 0. The molecule has 8 heteroatoms. The van der Waals surface area contributed by atoms with Gasteiger partial charge in [0.05, 0.1) is 24.5 Å². The topological polar surface area (TPSA) is 121 Å². The third-order valence-electron chi connectivity index (χ3n) is 7.33. The molecule has 4 unspecified atom stereocenters. The van der Waals surface area contributed by atoms with Crippen molar-refractivity contribution >= 4 is 28.7 Å². The molecule has 1 aliphatic heterocycles. The number of cyclic esters (lactones) is 1. The van der Waals surface area contributed by atoms with Gasteiger partial charge in [0, 0.05) is 29.6 Å². The smallest absolute Gasteiger partial charge is 0.309 e. The van der Waals surface area contributed by atoms with Gasteiger partial charge in [-0.3, -0.25) is 14.4 Å². The minimum Gasteiger partial charge on any atom is -0.463 e. The Labute approximate surface area is 235 Å². The number of benzene rings is 2. The van der Waals surface area contributed by atoms with Crippen molar-refractivity contribution in [2.24, 2.45) is 11.8 Å². The summed E-state index contributed by atoms with van der Waals surface area (Å²) in [7, 11) is 0. The molecular formula is C32H39N3O5. The predicted molar refractivity (Wildman–Crippen MR) is 154 cm³/mol. The lowest BCUT2D eigenvalue weighted by Gasteiger charge is -2.23. The number of esters is 1. The van der Waals surface area contributed by atoms with Gasteiger partial charge < -0.3 is 25.5 Å². The molecule has 0 aliphatic carbocycles. The van der Waals surface area contributed by atoms with Crippen LogP contribution < -0.4 is 10.6 Å². The van der Waals surface area contributed by atoms with Crippen LogP contribution in [0.15, 0.2) is 72.9 Å². The van der Waals surface area contributed by atoms with E-state index in [0.29, 0.717) is 32.1 Å². The quantitative estimate of drug-likeness (QED) is 0.253. The van der Waals surface area contributed by atoms with Crippen LogP contribution in [0, 0.1) is 11.8 Å². The van der Waals surface area contributed by atoms with Crippen LogP contribution in [0.25, 0.3) is 10.9 Å². The molecule has 0 radical (unpaired) electrons. The number of hydrogen-bond donors (Lipinski definition) is 4. The Hall–Kier alpha value is -3.91. The first-order valence-electron chi connectivity index (χ1n) is 14.0. The summed E-state index contributed by atoms with van der Waals surface area (Å²) in [6.45, 7) is 1.56. The van der Waals surface area contributed by atoms with Crippen LogP contribution in [0.4, 0.5) is 0 Å². The Morgan fingerprint density at radius 2 is 1.82 bits per heavy atom. The number of fused-ring (bicyclic) bond motifs is 1. The second kappa shape index (κ2) is 14.5. The maximum atomic E-state index is 13.5. The lowest BCUT2D eigenvalue weighted by atomic mass is 9.94. The molecule has 8 nitrogen and oxygen atoms in total.